The first kappa shape index (κ1) is 13.0. The van der Waals surface area contributed by atoms with E-state index in [9.17, 15) is 4.79 Å². The van der Waals surface area contributed by atoms with Crippen molar-refractivity contribution in [2.75, 3.05) is 5.32 Å². The summed E-state index contributed by atoms with van der Waals surface area (Å²) in [6.07, 6.45) is 2.67. The standard InChI is InChI=1S/C13H9ClN4O/c1-8-2-3-9(5-15)4-10(8)18-13(19)11-6-16-7-12(14)17-11/h2-4,6-7H,1H3,(H,18,19). The van der Waals surface area contributed by atoms with Crippen LogP contribution in [0.1, 0.15) is 21.6 Å². The van der Waals surface area contributed by atoms with Crippen molar-refractivity contribution in [2.45, 2.75) is 6.92 Å². The lowest BCUT2D eigenvalue weighted by Crippen LogP contribution is -2.15. The van der Waals surface area contributed by atoms with Gasteiger partial charge in [-0.25, -0.2) is 4.98 Å². The van der Waals surface area contributed by atoms with Crippen LogP contribution in [0, 0.1) is 18.3 Å². The van der Waals surface area contributed by atoms with Crippen molar-refractivity contribution in [3.05, 3.63) is 52.6 Å². The molecule has 2 aromatic rings. The van der Waals surface area contributed by atoms with Gasteiger partial charge < -0.3 is 5.32 Å². The highest BCUT2D eigenvalue weighted by Gasteiger charge is 2.10. The molecule has 1 N–H and O–H groups in total. The molecule has 1 heterocycles. The van der Waals surface area contributed by atoms with E-state index in [4.69, 9.17) is 16.9 Å². The first-order valence-electron chi connectivity index (χ1n) is 5.40. The lowest BCUT2D eigenvalue weighted by Gasteiger charge is -2.08. The van der Waals surface area contributed by atoms with Gasteiger partial charge in [0.15, 0.2) is 0 Å². The van der Waals surface area contributed by atoms with Crippen LogP contribution >= 0.6 is 11.6 Å². The number of anilines is 1. The molecule has 6 heteroatoms. The second-order valence-electron chi connectivity index (χ2n) is 3.82. The van der Waals surface area contributed by atoms with Gasteiger partial charge in [-0.15, -0.1) is 0 Å². The Kier molecular flexibility index (Phi) is 3.74. The Morgan fingerprint density at radius 3 is 2.89 bits per heavy atom. The maximum absolute atomic E-state index is 12.0. The first-order valence-corrected chi connectivity index (χ1v) is 5.77. The van der Waals surface area contributed by atoms with Gasteiger partial charge in [0.2, 0.25) is 0 Å². The monoisotopic (exact) mass is 272 g/mol. The van der Waals surface area contributed by atoms with Gasteiger partial charge in [-0.3, -0.25) is 9.78 Å². The topological polar surface area (TPSA) is 78.7 Å². The number of nitrogens with zero attached hydrogens (tertiary/aromatic N) is 3. The SMILES string of the molecule is Cc1ccc(C#N)cc1NC(=O)c1cncc(Cl)n1. The minimum Gasteiger partial charge on any atom is -0.320 e. The second kappa shape index (κ2) is 5.46. The molecule has 0 saturated carbocycles. The van der Waals surface area contributed by atoms with Crippen LogP contribution in [0.15, 0.2) is 30.6 Å². The minimum atomic E-state index is -0.423. The van der Waals surface area contributed by atoms with Crippen LogP contribution in [-0.2, 0) is 0 Å². The van der Waals surface area contributed by atoms with E-state index in [0.717, 1.165) is 5.56 Å². The maximum atomic E-state index is 12.0. The molecule has 0 radical (unpaired) electrons. The number of nitriles is 1. The highest BCUT2D eigenvalue weighted by molar-refractivity contribution is 6.29. The number of halogens is 1. The number of amides is 1. The fourth-order valence-corrected chi connectivity index (χ4v) is 1.61. The Morgan fingerprint density at radius 1 is 1.42 bits per heavy atom. The Morgan fingerprint density at radius 2 is 2.21 bits per heavy atom. The summed E-state index contributed by atoms with van der Waals surface area (Å²) in [5.41, 5.74) is 2.00. The van der Waals surface area contributed by atoms with E-state index < -0.39 is 5.91 Å². The normalized spacial score (nSPS) is 9.74. The predicted octanol–water partition coefficient (Wildman–Crippen LogP) is 2.56. The van der Waals surface area contributed by atoms with Crippen LogP contribution in [0.5, 0.6) is 0 Å². The summed E-state index contributed by atoms with van der Waals surface area (Å²) in [5, 5.41) is 11.7. The molecule has 0 saturated heterocycles. The molecule has 0 aliphatic rings. The molecule has 0 aliphatic heterocycles. The highest BCUT2D eigenvalue weighted by atomic mass is 35.5. The van der Waals surface area contributed by atoms with Crippen LogP contribution in [-0.4, -0.2) is 15.9 Å². The van der Waals surface area contributed by atoms with Crippen LogP contribution in [0.2, 0.25) is 5.15 Å². The second-order valence-corrected chi connectivity index (χ2v) is 4.21. The quantitative estimate of drug-likeness (QED) is 0.911. The summed E-state index contributed by atoms with van der Waals surface area (Å²) in [6.45, 7) is 1.83. The molecule has 19 heavy (non-hydrogen) atoms. The van der Waals surface area contributed by atoms with Crippen molar-refractivity contribution >= 4 is 23.2 Å². The van der Waals surface area contributed by atoms with Crippen molar-refractivity contribution in [2.24, 2.45) is 0 Å². The van der Waals surface area contributed by atoms with Gasteiger partial charge in [-0.2, -0.15) is 5.26 Å². The van der Waals surface area contributed by atoms with Gasteiger partial charge in [-0.1, -0.05) is 17.7 Å². The van der Waals surface area contributed by atoms with Crippen molar-refractivity contribution in [1.82, 2.24) is 9.97 Å². The summed E-state index contributed by atoms with van der Waals surface area (Å²) < 4.78 is 0. The Bertz CT molecular complexity index is 679. The number of hydrogen-bond donors (Lipinski definition) is 1. The predicted molar refractivity (Wildman–Crippen MR) is 70.9 cm³/mol. The molecular weight excluding hydrogens is 264 g/mol. The third-order valence-corrected chi connectivity index (χ3v) is 2.63. The van der Waals surface area contributed by atoms with Gasteiger partial charge in [-0.05, 0) is 24.6 Å². The van der Waals surface area contributed by atoms with Crippen LogP contribution < -0.4 is 5.32 Å². The third kappa shape index (κ3) is 3.06. The van der Waals surface area contributed by atoms with Gasteiger partial charge in [0, 0.05) is 5.69 Å². The smallest absolute Gasteiger partial charge is 0.275 e. The fourth-order valence-electron chi connectivity index (χ4n) is 1.46. The number of aryl methyl sites for hydroxylation is 1. The fraction of sp³-hybridized carbons (Fsp3) is 0.0769. The number of nitrogens with one attached hydrogen (secondary N) is 1. The van der Waals surface area contributed by atoms with Gasteiger partial charge >= 0.3 is 0 Å². The molecular formula is C13H9ClN4O. The molecule has 1 amide bonds. The van der Waals surface area contributed by atoms with Crippen molar-refractivity contribution in [1.29, 1.82) is 5.26 Å². The molecule has 0 unspecified atom stereocenters. The van der Waals surface area contributed by atoms with E-state index in [2.05, 4.69) is 15.3 Å². The van der Waals surface area contributed by atoms with Crippen LogP contribution in [0.3, 0.4) is 0 Å². The summed E-state index contributed by atoms with van der Waals surface area (Å²) in [6, 6.07) is 7.07. The van der Waals surface area contributed by atoms with Crippen molar-refractivity contribution < 1.29 is 4.79 Å². The number of carbonyl (C=O) groups is 1. The van der Waals surface area contributed by atoms with E-state index in [1.807, 2.05) is 13.0 Å². The van der Waals surface area contributed by atoms with Crippen LogP contribution in [0.4, 0.5) is 5.69 Å². The summed E-state index contributed by atoms with van der Waals surface area (Å²) in [7, 11) is 0. The number of benzene rings is 1. The summed E-state index contributed by atoms with van der Waals surface area (Å²) in [5.74, 6) is -0.423. The molecule has 0 aliphatic carbocycles. The van der Waals surface area contributed by atoms with E-state index >= 15 is 0 Å². The molecule has 0 fully saturated rings. The van der Waals surface area contributed by atoms with E-state index in [1.54, 1.807) is 18.2 Å². The molecule has 5 nitrogen and oxygen atoms in total. The Labute approximate surface area is 114 Å². The van der Waals surface area contributed by atoms with Crippen molar-refractivity contribution in [3.8, 4) is 6.07 Å². The average Bonchev–Trinajstić information content (AvgIpc) is 2.41. The third-order valence-electron chi connectivity index (χ3n) is 2.45. The molecule has 1 aromatic carbocycles. The van der Waals surface area contributed by atoms with Gasteiger partial charge in [0.05, 0.1) is 24.0 Å². The molecule has 0 bridgehead atoms. The van der Waals surface area contributed by atoms with Crippen molar-refractivity contribution in [3.63, 3.8) is 0 Å². The van der Waals surface area contributed by atoms with Gasteiger partial charge in [0.25, 0.3) is 5.91 Å². The van der Waals surface area contributed by atoms with Crippen LogP contribution in [0.25, 0.3) is 0 Å². The largest absolute Gasteiger partial charge is 0.320 e. The zero-order chi connectivity index (χ0) is 13.8. The lowest BCUT2D eigenvalue weighted by molar-refractivity contribution is 0.102. The van der Waals surface area contributed by atoms with Gasteiger partial charge in [0.1, 0.15) is 10.8 Å². The number of carbonyl (C=O) groups excluding carboxylic acids is 1. The minimum absolute atomic E-state index is 0.120. The number of hydrogen-bond acceptors (Lipinski definition) is 4. The average molecular weight is 273 g/mol. The van der Waals surface area contributed by atoms with E-state index in [0.29, 0.717) is 11.3 Å². The zero-order valence-corrected chi connectivity index (χ0v) is 10.8. The zero-order valence-electron chi connectivity index (χ0n) is 10.0. The first-order chi connectivity index (χ1) is 9.10. The highest BCUT2D eigenvalue weighted by Crippen LogP contribution is 2.17. The maximum Gasteiger partial charge on any atom is 0.275 e. The molecule has 2 rings (SSSR count). The number of aromatic nitrogens is 2. The lowest BCUT2D eigenvalue weighted by atomic mass is 10.1. The molecule has 94 valence electrons. The molecule has 0 atom stereocenters. The summed E-state index contributed by atoms with van der Waals surface area (Å²) >= 11 is 5.67. The Balaban J connectivity index is 2.27. The van der Waals surface area contributed by atoms with E-state index in [1.165, 1.54) is 12.4 Å². The molecule has 0 spiro atoms. The number of rotatable bonds is 2. The van der Waals surface area contributed by atoms with E-state index in [-0.39, 0.29) is 10.8 Å². The summed E-state index contributed by atoms with van der Waals surface area (Å²) in [4.78, 5) is 19.6. The molecule has 1 aromatic heterocycles. The Hall–Kier alpha value is -2.45.